The first-order chi connectivity index (χ1) is 8.04. The molecule has 2 nitrogen and oxygen atoms in total. The summed E-state index contributed by atoms with van der Waals surface area (Å²) in [7, 11) is 0. The summed E-state index contributed by atoms with van der Waals surface area (Å²) in [5.74, 6) is 0.747. The highest BCUT2D eigenvalue weighted by Gasteiger charge is 2.19. The summed E-state index contributed by atoms with van der Waals surface area (Å²) in [4.78, 5) is 5.99. The quantitative estimate of drug-likeness (QED) is 0.877. The molecule has 0 radical (unpaired) electrons. The number of aromatic nitrogens is 1. The van der Waals surface area contributed by atoms with Gasteiger partial charge >= 0.3 is 0 Å². The zero-order valence-electron chi connectivity index (χ0n) is 11.3. The van der Waals surface area contributed by atoms with Gasteiger partial charge in [-0.3, -0.25) is 0 Å². The Labute approximate surface area is 109 Å². The minimum atomic E-state index is 0.189. The third-order valence-electron chi connectivity index (χ3n) is 3.32. The first kappa shape index (κ1) is 13.0. The van der Waals surface area contributed by atoms with Gasteiger partial charge in [-0.2, -0.15) is 0 Å². The highest BCUT2D eigenvalue weighted by molar-refractivity contribution is 7.11. The lowest BCUT2D eigenvalue weighted by atomic mass is 9.90. The van der Waals surface area contributed by atoms with Gasteiger partial charge in [0.2, 0.25) is 0 Å². The molecule has 0 unspecified atom stereocenters. The molecule has 0 amide bonds. The molecule has 0 spiro atoms. The summed E-state index contributed by atoms with van der Waals surface area (Å²) < 4.78 is 0. The average molecular weight is 252 g/mol. The van der Waals surface area contributed by atoms with E-state index in [0.29, 0.717) is 0 Å². The second-order valence-electron chi connectivity index (χ2n) is 6.10. The van der Waals surface area contributed by atoms with Crippen molar-refractivity contribution in [2.24, 2.45) is 0 Å². The molecule has 0 bridgehead atoms. The molecule has 0 aromatic carbocycles. The van der Waals surface area contributed by atoms with Gasteiger partial charge < -0.3 is 5.32 Å². The van der Waals surface area contributed by atoms with Crippen LogP contribution in [0.4, 0.5) is 0 Å². The summed E-state index contributed by atoms with van der Waals surface area (Å²) in [6, 6.07) is 0. The second-order valence-corrected chi connectivity index (χ2v) is 7.25. The lowest BCUT2D eigenvalue weighted by Gasteiger charge is -2.20. The molecule has 1 aliphatic carbocycles. The predicted octanol–water partition coefficient (Wildman–Crippen LogP) is 4.08. The molecule has 1 fully saturated rings. The largest absolute Gasteiger partial charge is 0.307 e. The van der Waals surface area contributed by atoms with Crippen LogP contribution in [0, 0.1) is 0 Å². The van der Waals surface area contributed by atoms with Crippen molar-refractivity contribution in [1.82, 2.24) is 10.3 Å². The lowest BCUT2D eigenvalue weighted by Crippen LogP contribution is -2.34. The van der Waals surface area contributed by atoms with Crippen LogP contribution in [0.1, 0.15) is 68.7 Å². The molecule has 3 heteroatoms. The van der Waals surface area contributed by atoms with E-state index in [4.69, 9.17) is 0 Å². The maximum Gasteiger partial charge on any atom is 0.0959 e. The summed E-state index contributed by atoms with van der Waals surface area (Å²) in [6.07, 6.45) is 8.95. The fraction of sp³-hybridized carbons (Fsp3) is 0.786. The highest BCUT2D eigenvalue weighted by Crippen LogP contribution is 2.34. The van der Waals surface area contributed by atoms with Gasteiger partial charge in [0, 0.05) is 29.1 Å². The van der Waals surface area contributed by atoms with Gasteiger partial charge in [0.05, 0.1) is 5.01 Å². The van der Waals surface area contributed by atoms with Gasteiger partial charge in [0.1, 0.15) is 0 Å². The van der Waals surface area contributed by atoms with Gasteiger partial charge in [-0.05, 0) is 33.6 Å². The van der Waals surface area contributed by atoms with Crippen molar-refractivity contribution in [3.8, 4) is 0 Å². The van der Waals surface area contributed by atoms with Gasteiger partial charge in [-0.1, -0.05) is 19.3 Å². The maximum absolute atomic E-state index is 4.62. The third-order valence-corrected chi connectivity index (χ3v) is 4.48. The van der Waals surface area contributed by atoms with Gasteiger partial charge in [0.15, 0.2) is 0 Å². The Kier molecular flexibility index (Phi) is 4.21. The van der Waals surface area contributed by atoms with Crippen LogP contribution in [0.15, 0.2) is 6.20 Å². The van der Waals surface area contributed by atoms with Crippen molar-refractivity contribution in [1.29, 1.82) is 0 Å². The van der Waals surface area contributed by atoms with E-state index in [9.17, 15) is 0 Å². The number of rotatable bonds is 3. The molecule has 1 aliphatic rings. The van der Waals surface area contributed by atoms with Gasteiger partial charge in [0.25, 0.3) is 0 Å². The van der Waals surface area contributed by atoms with Crippen molar-refractivity contribution in [2.75, 3.05) is 0 Å². The van der Waals surface area contributed by atoms with Crippen LogP contribution in [-0.2, 0) is 6.54 Å². The molecular weight excluding hydrogens is 228 g/mol. The average Bonchev–Trinajstić information content (AvgIpc) is 2.75. The Morgan fingerprint density at radius 3 is 2.65 bits per heavy atom. The number of nitrogens with one attached hydrogen (secondary N) is 1. The van der Waals surface area contributed by atoms with Gasteiger partial charge in [-0.15, -0.1) is 11.3 Å². The minimum absolute atomic E-state index is 0.189. The number of hydrogen-bond acceptors (Lipinski definition) is 3. The van der Waals surface area contributed by atoms with E-state index < -0.39 is 0 Å². The standard InChI is InChI=1S/C14H24N2S/c1-14(2,3)16-10-12-9-15-13(17-12)11-7-5-4-6-8-11/h9,11,16H,4-8,10H2,1-3H3. The molecule has 1 heterocycles. The fourth-order valence-electron chi connectivity index (χ4n) is 2.29. The van der Waals surface area contributed by atoms with E-state index >= 15 is 0 Å². The van der Waals surface area contributed by atoms with Crippen molar-refractivity contribution in [2.45, 2.75) is 70.9 Å². The molecule has 96 valence electrons. The Bertz CT molecular complexity index is 345. The molecular formula is C14H24N2S. The lowest BCUT2D eigenvalue weighted by molar-refractivity contribution is 0.426. The summed E-state index contributed by atoms with van der Waals surface area (Å²) in [5, 5.41) is 4.90. The molecule has 1 saturated carbocycles. The monoisotopic (exact) mass is 252 g/mol. The Balaban J connectivity index is 1.91. The van der Waals surface area contributed by atoms with Crippen LogP contribution in [0.2, 0.25) is 0 Å². The van der Waals surface area contributed by atoms with Crippen LogP contribution in [0.3, 0.4) is 0 Å². The summed E-state index contributed by atoms with van der Waals surface area (Å²) >= 11 is 1.91. The fourth-order valence-corrected chi connectivity index (χ4v) is 3.32. The molecule has 0 aliphatic heterocycles. The molecule has 2 rings (SSSR count). The number of nitrogens with zero attached hydrogens (tertiary/aromatic N) is 1. The third kappa shape index (κ3) is 4.07. The molecule has 1 aromatic rings. The zero-order valence-corrected chi connectivity index (χ0v) is 12.1. The van der Waals surface area contributed by atoms with E-state index in [1.807, 2.05) is 11.3 Å². The van der Waals surface area contributed by atoms with E-state index in [1.54, 1.807) is 0 Å². The smallest absolute Gasteiger partial charge is 0.0959 e. The van der Waals surface area contributed by atoms with E-state index in [1.165, 1.54) is 42.0 Å². The molecule has 0 saturated heterocycles. The predicted molar refractivity (Wildman–Crippen MR) is 74.5 cm³/mol. The van der Waals surface area contributed by atoms with Gasteiger partial charge in [-0.25, -0.2) is 4.98 Å². The first-order valence-electron chi connectivity index (χ1n) is 6.74. The molecule has 1 aromatic heterocycles. The van der Waals surface area contributed by atoms with Crippen LogP contribution >= 0.6 is 11.3 Å². The van der Waals surface area contributed by atoms with Crippen LogP contribution in [-0.4, -0.2) is 10.5 Å². The van der Waals surface area contributed by atoms with Crippen molar-refractivity contribution in [3.63, 3.8) is 0 Å². The number of hydrogen-bond donors (Lipinski definition) is 1. The Morgan fingerprint density at radius 1 is 1.29 bits per heavy atom. The Hall–Kier alpha value is -0.410. The second kappa shape index (κ2) is 5.49. The van der Waals surface area contributed by atoms with Crippen LogP contribution in [0.5, 0.6) is 0 Å². The highest BCUT2D eigenvalue weighted by atomic mass is 32.1. The molecule has 0 atom stereocenters. The minimum Gasteiger partial charge on any atom is -0.307 e. The number of thiazole rings is 1. The normalized spacial score (nSPS) is 18.5. The van der Waals surface area contributed by atoms with E-state index in [0.717, 1.165) is 12.5 Å². The van der Waals surface area contributed by atoms with E-state index in [2.05, 4.69) is 37.3 Å². The zero-order chi connectivity index (χ0) is 12.3. The van der Waals surface area contributed by atoms with Crippen molar-refractivity contribution >= 4 is 11.3 Å². The van der Waals surface area contributed by atoms with Crippen molar-refractivity contribution in [3.05, 3.63) is 16.1 Å². The van der Waals surface area contributed by atoms with Crippen LogP contribution in [0.25, 0.3) is 0 Å². The Morgan fingerprint density at radius 2 is 2.00 bits per heavy atom. The SMILES string of the molecule is CC(C)(C)NCc1cnc(C2CCCCC2)s1. The topological polar surface area (TPSA) is 24.9 Å². The molecule has 17 heavy (non-hydrogen) atoms. The van der Waals surface area contributed by atoms with E-state index in [-0.39, 0.29) is 5.54 Å². The van der Waals surface area contributed by atoms with Crippen LogP contribution < -0.4 is 5.32 Å². The van der Waals surface area contributed by atoms with Crippen molar-refractivity contribution < 1.29 is 0 Å². The molecule has 1 N–H and O–H groups in total. The summed E-state index contributed by atoms with van der Waals surface area (Å²) in [5.41, 5.74) is 0.189. The maximum atomic E-state index is 4.62. The summed E-state index contributed by atoms with van der Waals surface area (Å²) in [6.45, 7) is 7.57. The first-order valence-corrected chi connectivity index (χ1v) is 7.56.